The molecular formula is C22H27Cl2FN4O3. The van der Waals surface area contributed by atoms with Crippen LogP contribution in [0.3, 0.4) is 0 Å². The molecule has 0 saturated carbocycles. The highest BCUT2D eigenvalue weighted by Gasteiger charge is 2.15. The highest BCUT2D eigenvalue weighted by atomic mass is 35.5. The molecule has 0 amide bonds. The Morgan fingerprint density at radius 3 is 2.62 bits per heavy atom. The average molecular weight is 485 g/mol. The standard InChI is InChI=1S/C22H24ClFN4O2.ClH.H2O/c1-29-22-16-12-20(27-18-6-5-15(23)11-17(18)24)21(13-19(16)25-14-26-22)30-10-4-9-28-7-2-3-8-28;;/h5-6,11-14,27H,2-4,7-10H2,1H3;1H;1H2. The Bertz CT molecular complexity index is 1040. The van der Waals surface area contributed by atoms with E-state index in [1.165, 1.54) is 25.2 Å². The fraction of sp³-hybridized carbons (Fsp3) is 0.364. The Morgan fingerprint density at radius 1 is 1.12 bits per heavy atom. The van der Waals surface area contributed by atoms with Gasteiger partial charge < -0.3 is 25.2 Å². The fourth-order valence-electron chi connectivity index (χ4n) is 3.65. The molecule has 2 aromatic carbocycles. The van der Waals surface area contributed by atoms with Gasteiger partial charge in [-0.05, 0) is 56.6 Å². The summed E-state index contributed by atoms with van der Waals surface area (Å²) in [5, 5.41) is 4.16. The first kappa shape index (κ1) is 25.9. The SMILES string of the molecule is COc1ncnc2cc(OCCCN3CCCC3)c(Nc3ccc(Cl)cc3F)cc12.Cl.O. The third kappa shape index (κ3) is 6.10. The van der Waals surface area contributed by atoms with Gasteiger partial charge in [-0.2, -0.15) is 0 Å². The van der Waals surface area contributed by atoms with Gasteiger partial charge in [0.05, 0.1) is 36.0 Å². The largest absolute Gasteiger partial charge is 0.491 e. The minimum absolute atomic E-state index is 0. The summed E-state index contributed by atoms with van der Waals surface area (Å²) in [6.45, 7) is 3.89. The molecule has 174 valence electrons. The highest BCUT2D eigenvalue weighted by Crippen LogP contribution is 2.35. The Kier molecular flexibility index (Phi) is 9.71. The molecule has 1 aliphatic heterocycles. The van der Waals surface area contributed by atoms with Crippen molar-refractivity contribution < 1.29 is 19.3 Å². The maximum atomic E-state index is 14.4. The van der Waals surface area contributed by atoms with Crippen LogP contribution < -0.4 is 14.8 Å². The lowest BCUT2D eigenvalue weighted by Crippen LogP contribution is -2.22. The second-order valence-electron chi connectivity index (χ2n) is 7.25. The molecule has 1 aliphatic rings. The minimum atomic E-state index is -0.446. The molecule has 0 bridgehead atoms. The molecule has 0 radical (unpaired) electrons. The van der Waals surface area contributed by atoms with Gasteiger partial charge in [-0.25, -0.2) is 14.4 Å². The molecule has 1 aromatic heterocycles. The number of halogens is 3. The summed E-state index contributed by atoms with van der Waals surface area (Å²) < 4.78 is 25.8. The molecule has 1 saturated heterocycles. The van der Waals surface area contributed by atoms with E-state index in [2.05, 4.69) is 20.2 Å². The first-order valence-electron chi connectivity index (χ1n) is 10.0. The monoisotopic (exact) mass is 484 g/mol. The van der Waals surface area contributed by atoms with E-state index in [9.17, 15) is 4.39 Å². The van der Waals surface area contributed by atoms with Gasteiger partial charge in [-0.15, -0.1) is 12.4 Å². The number of ether oxygens (including phenoxy) is 2. The van der Waals surface area contributed by atoms with Gasteiger partial charge in [-0.1, -0.05) is 11.6 Å². The number of hydrogen-bond acceptors (Lipinski definition) is 6. The summed E-state index contributed by atoms with van der Waals surface area (Å²) in [6, 6.07) is 8.14. The van der Waals surface area contributed by atoms with E-state index < -0.39 is 5.82 Å². The van der Waals surface area contributed by atoms with Gasteiger partial charge in [-0.3, -0.25) is 0 Å². The Hall–Kier alpha value is -2.39. The Balaban J connectivity index is 0.00000181. The van der Waals surface area contributed by atoms with E-state index in [0.29, 0.717) is 45.5 Å². The number of anilines is 2. The number of methoxy groups -OCH3 is 1. The van der Waals surface area contributed by atoms with E-state index >= 15 is 0 Å². The van der Waals surface area contributed by atoms with Crippen LogP contribution in [0.15, 0.2) is 36.7 Å². The van der Waals surface area contributed by atoms with E-state index in [1.807, 2.05) is 12.1 Å². The van der Waals surface area contributed by atoms with Gasteiger partial charge in [0.25, 0.3) is 0 Å². The minimum Gasteiger partial charge on any atom is -0.491 e. The van der Waals surface area contributed by atoms with Gasteiger partial charge >= 0.3 is 0 Å². The first-order valence-corrected chi connectivity index (χ1v) is 10.4. The zero-order valence-corrected chi connectivity index (χ0v) is 19.3. The number of rotatable bonds is 8. The molecule has 0 unspecified atom stereocenters. The van der Waals surface area contributed by atoms with Crippen LogP contribution >= 0.6 is 24.0 Å². The summed E-state index contributed by atoms with van der Waals surface area (Å²) in [6.07, 6.45) is 4.91. The van der Waals surface area contributed by atoms with Crippen molar-refractivity contribution in [2.45, 2.75) is 19.3 Å². The van der Waals surface area contributed by atoms with Crippen molar-refractivity contribution in [3.8, 4) is 11.6 Å². The average Bonchev–Trinajstić information content (AvgIpc) is 3.26. The predicted octanol–water partition coefficient (Wildman–Crippen LogP) is 4.64. The van der Waals surface area contributed by atoms with Crippen molar-refractivity contribution in [3.63, 3.8) is 0 Å². The number of aromatic nitrogens is 2. The molecule has 32 heavy (non-hydrogen) atoms. The lowest BCUT2D eigenvalue weighted by molar-refractivity contribution is 0.264. The molecule has 0 aliphatic carbocycles. The predicted molar refractivity (Wildman–Crippen MR) is 127 cm³/mol. The molecule has 10 heteroatoms. The lowest BCUT2D eigenvalue weighted by Gasteiger charge is -2.17. The van der Waals surface area contributed by atoms with E-state index in [4.69, 9.17) is 21.1 Å². The molecule has 0 atom stereocenters. The van der Waals surface area contributed by atoms with Gasteiger partial charge in [0.2, 0.25) is 5.88 Å². The number of fused-ring (bicyclic) bond motifs is 1. The summed E-state index contributed by atoms with van der Waals surface area (Å²) in [5.41, 5.74) is 1.60. The van der Waals surface area contributed by atoms with Crippen molar-refractivity contribution in [1.29, 1.82) is 0 Å². The van der Waals surface area contributed by atoms with Crippen molar-refractivity contribution in [3.05, 3.63) is 47.5 Å². The maximum Gasteiger partial charge on any atom is 0.224 e. The molecule has 3 aromatic rings. The first-order chi connectivity index (χ1) is 14.6. The molecular weight excluding hydrogens is 458 g/mol. The van der Waals surface area contributed by atoms with Crippen LogP contribution in [0, 0.1) is 5.82 Å². The molecule has 3 N–H and O–H groups in total. The van der Waals surface area contributed by atoms with Crippen molar-refractivity contribution >= 4 is 46.3 Å². The van der Waals surface area contributed by atoms with Gasteiger partial charge in [0.15, 0.2) is 0 Å². The quantitative estimate of drug-likeness (QED) is 0.468. The van der Waals surface area contributed by atoms with Crippen LogP contribution in [-0.4, -0.2) is 53.7 Å². The zero-order chi connectivity index (χ0) is 20.9. The van der Waals surface area contributed by atoms with E-state index in [0.717, 1.165) is 26.1 Å². The van der Waals surface area contributed by atoms with Crippen LogP contribution in [0.2, 0.25) is 5.02 Å². The second-order valence-corrected chi connectivity index (χ2v) is 7.68. The van der Waals surface area contributed by atoms with Crippen LogP contribution in [0.5, 0.6) is 11.6 Å². The molecule has 7 nitrogen and oxygen atoms in total. The number of likely N-dealkylation sites (tertiary alicyclic amines) is 1. The van der Waals surface area contributed by atoms with Gasteiger partial charge in [0.1, 0.15) is 17.9 Å². The number of nitrogens with zero attached hydrogens (tertiary/aromatic N) is 3. The number of nitrogens with one attached hydrogen (secondary N) is 1. The Labute approximate surface area is 197 Å². The zero-order valence-electron chi connectivity index (χ0n) is 17.7. The highest BCUT2D eigenvalue weighted by molar-refractivity contribution is 6.30. The number of benzene rings is 2. The summed E-state index contributed by atoms with van der Waals surface area (Å²) >= 11 is 5.88. The van der Waals surface area contributed by atoms with Crippen molar-refractivity contribution in [2.75, 3.05) is 38.7 Å². The fourth-order valence-corrected chi connectivity index (χ4v) is 3.81. The van der Waals surface area contributed by atoms with Gasteiger partial charge in [0, 0.05) is 17.6 Å². The third-order valence-corrected chi connectivity index (χ3v) is 5.40. The topological polar surface area (TPSA) is 91.0 Å². The smallest absolute Gasteiger partial charge is 0.224 e. The summed E-state index contributed by atoms with van der Waals surface area (Å²) in [7, 11) is 1.55. The van der Waals surface area contributed by atoms with E-state index in [-0.39, 0.29) is 17.9 Å². The third-order valence-electron chi connectivity index (χ3n) is 5.17. The molecule has 0 spiro atoms. The lowest BCUT2D eigenvalue weighted by atomic mass is 10.2. The summed E-state index contributed by atoms with van der Waals surface area (Å²) in [4.78, 5) is 10.9. The number of hydrogen-bond donors (Lipinski definition) is 1. The molecule has 1 fully saturated rings. The van der Waals surface area contributed by atoms with Crippen molar-refractivity contribution in [1.82, 2.24) is 14.9 Å². The normalized spacial score (nSPS) is 13.3. The van der Waals surface area contributed by atoms with Crippen LogP contribution in [-0.2, 0) is 0 Å². The second kappa shape index (κ2) is 12.0. The maximum absolute atomic E-state index is 14.4. The van der Waals surface area contributed by atoms with Crippen LogP contribution in [0.1, 0.15) is 19.3 Å². The van der Waals surface area contributed by atoms with Crippen molar-refractivity contribution in [2.24, 2.45) is 0 Å². The van der Waals surface area contributed by atoms with Crippen LogP contribution in [0.25, 0.3) is 10.9 Å². The molecule has 2 heterocycles. The molecule has 4 rings (SSSR count). The van der Waals surface area contributed by atoms with E-state index in [1.54, 1.807) is 19.2 Å². The Morgan fingerprint density at radius 2 is 1.91 bits per heavy atom. The summed E-state index contributed by atoms with van der Waals surface area (Å²) in [5.74, 6) is 0.595. The van der Waals surface area contributed by atoms with Crippen LogP contribution in [0.4, 0.5) is 15.8 Å².